The molecule has 0 spiro atoms. The number of imidazole rings is 1. The lowest BCUT2D eigenvalue weighted by molar-refractivity contribution is 0.0599. The minimum absolute atomic E-state index is 0.0146. The fraction of sp³-hybridized carbons (Fsp3) is 0.480. The van der Waals surface area contributed by atoms with E-state index in [0.717, 1.165) is 61.2 Å². The number of rotatable bonds is 6. The molecule has 1 amide bonds. The largest absolute Gasteiger partial charge is 0.489 e. The van der Waals surface area contributed by atoms with Crippen LogP contribution in [-0.4, -0.2) is 43.9 Å². The average Bonchev–Trinajstić information content (AvgIpc) is 3.17. The van der Waals surface area contributed by atoms with Crippen molar-refractivity contribution in [1.82, 2.24) is 19.3 Å². The third kappa shape index (κ3) is 4.58. The lowest BCUT2D eigenvalue weighted by atomic mass is 9.97. The number of hydrogen-bond acceptors (Lipinski definition) is 4. The zero-order valence-corrected chi connectivity index (χ0v) is 19.0. The number of hydrogen-bond donors (Lipinski definition) is 0. The molecule has 1 atom stereocenters. The van der Waals surface area contributed by atoms with Crippen molar-refractivity contribution in [2.45, 2.75) is 71.9 Å². The summed E-state index contributed by atoms with van der Waals surface area (Å²) in [7, 11) is 0. The number of fused-ring (bicyclic) bond motifs is 1. The van der Waals surface area contributed by atoms with Crippen LogP contribution in [0.2, 0.25) is 0 Å². The van der Waals surface area contributed by atoms with Crippen molar-refractivity contribution in [2.75, 3.05) is 6.54 Å². The fourth-order valence-corrected chi connectivity index (χ4v) is 4.35. The van der Waals surface area contributed by atoms with E-state index in [1.165, 1.54) is 0 Å². The Morgan fingerprint density at radius 2 is 2.03 bits per heavy atom. The Hall–Kier alpha value is -2.89. The van der Waals surface area contributed by atoms with Crippen LogP contribution in [0.4, 0.5) is 0 Å². The highest BCUT2D eigenvalue weighted by molar-refractivity contribution is 5.95. The van der Waals surface area contributed by atoms with Crippen LogP contribution < -0.4 is 4.74 Å². The van der Waals surface area contributed by atoms with Gasteiger partial charge in [0.15, 0.2) is 11.4 Å². The second kappa shape index (κ2) is 9.08. The van der Waals surface area contributed by atoms with Crippen molar-refractivity contribution in [2.24, 2.45) is 0 Å². The van der Waals surface area contributed by atoms with Crippen LogP contribution >= 0.6 is 0 Å². The molecule has 0 aromatic carbocycles. The van der Waals surface area contributed by atoms with Gasteiger partial charge in [-0.1, -0.05) is 13.0 Å². The average molecular weight is 421 g/mol. The van der Waals surface area contributed by atoms with Crippen molar-refractivity contribution in [3.8, 4) is 5.75 Å². The van der Waals surface area contributed by atoms with E-state index in [4.69, 9.17) is 9.72 Å². The van der Waals surface area contributed by atoms with E-state index in [0.29, 0.717) is 11.4 Å². The maximum atomic E-state index is 13.7. The van der Waals surface area contributed by atoms with E-state index in [1.54, 1.807) is 0 Å². The molecular weight excluding hydrogens is 388 g/mol. The van der Waals surface area contributed by atoms with Crippen molar-refractivity contribution < 1.29 is 9.53 Å². The summed E-state index contributed by atoms with van der Waals surface area (Å²) in [6, 6.07) is 8.06. The number of likely N-dealkylation sites (tertiary alicyclic amines) is 1. The van der Waals surface area contributed by atoms with Crippen LogP contribution in [0.3, 0.4) is 0 Å². The van der Waals surface area contributed by atoms with E-state index >= 15 is 0 Å². The van der Waals surface area contributed by atoms with Gasteiger partial charge in [-0.05, 0) is 70.2 Å². The first-order chi connectivity index (χ1) is 15.0. The van der Waals surface area contributed by atoms with E-state index < -0.39 is 0 Å². The van der Waals surface area contributed by atoms with Crippen LogP contribution in [0.15, 0.2) is 36.7 Å². The SMILES string of the molecule is CCc1ccc(OC(C)C)c(C(=O)N2CCCCC2Cc2cn3cccc(C)c3n2)n1. The molecule has 1 unspecified atom stereocenters. The monoisotopic (exact) mass is 420 g/mol. The van der Waals surface area contributed by atoms with Crippen LogP contribution in [-0.2, 0) is 12.8 Å². The van der Waals surface area contributed by atoms with E-state index in [2.05, 4.69) is 35.5 Å². The predicted octanol–water partition coefficient (Wildman–Crippen LogP) is 4.62. The van der Waals surface area contributed by atoms with Gasteiger partial charge in [0.1, 0.15) is 5.65 Å². The minimum atomic E-state index is -0.0319. The molecule has 1 fully saturated rings. The number of pyridine rings is 2. The molecule has 1 aliphatic rings. The van der Waals surface area contributed by atoms with Crippen LogP contribution in [0, 0.1) is 6.92 Å². The molecule has 6 nitrogen and oxygen atoms in total. The molecule has 164 valence electrons. The van der Waals surface area contributed by atoms with Crippen LogP contribution in [0.25, 0.3) is 5.65 Å². The van der Waals surface area contributed by atoms with Gasteiger partial charge in [0, 0.05) is 37.1 Å². The van der Waals surface area contributed by atoms with Gasteiger partial charge in [-0.3, -0.25) is 4.79 Å². The summed E-state index contributed by atoms with van der Waals surface area (Å²) < 4.78 is 8.01. The minimum Gasteiger partial charge on any atom is -0.489 e. The molecule has 31 heavy (non-hydrogen) atoms. The van der Waals surface area contributed by atoms with Crippen molar-refractivity contribution in [3.63, 3.8) is 0 Å². The maximum absolute atomic E-state index is 13.7. The van der Waals surface area contributed by atoms with E-state index in [1.807, 2.05) is 43.1 Å². The first-order valence-electron chi connectivity index (χ1n) is 11.4. The van der Waals surface area contributed by atoms with Gasteiger partial charge in [-0.15, -0.1) is 0 Å². The van der Waals surface area contributed by atoms with Crippen molar-refractivity contribution >= 4 is 11.6 Å². The summed E-state index contributed by atoms with van der Waals surface area (Å²) in [5.41, 5.74) is 4.50. The second-order valence-corrected chi connectivity index (χ2v) is 8.68. The van der Waals surface area contributed by atoms with Gasteiger partial charge < -0.3 is 14.0 Å². The Balaban J connectivity index is 1.62. The second-order valence-electron chi connectivity index (χ2n) is 8.68. The Bertz CT molecular complexity index is 1070. The number of aryl methyl sites for hydroxylation is 2. The number of nitrogens with zero attached hydrogens (tertiary/aromatic N) is 4. The predicted molar refractivity (Wildman–Crippen MR) is 122 cm³/mol. The number of ether oxygens (including phenoxy) is 1. The number of carbonyl (C=O) groups excluding carboxylic acids is 1. The highest BCUT2D eigenvalue weighted by Gasteiger charge is 2.31. The molecule has 0 aliphatic carbocycles. The molecule has 0 saturated carbocycles. The first-order valence-corrected chi connectivity index (χ1v) is 11.4. The van der Waals surface area contributed by atoms with Crippen LogP contribution in [0.1, 0.15) is 67.5 Å². The highest BCUT2D eigenvalue weighted by atomic mass is 16.5. The molecule has 3 aromatic rings. The molecule has 6 heteroatoms. The third-order valence-electron chi connectivity index (χ3n) is 5.90. The summed E-state index contributed by atoms with van der Waals surface area (Å²) in [4.78, 5) is 25.2. The van der Waals surface area contributed by atoms with Gasteiger partial charge in [0.2, 0.25) is 0 Å². The molecule has 4 heterocycles. The summed E-state index contributed by atoms with van der Waals surface area (Å²) in [5.74, 6) is 0.542. The Kier molecular flexibility index (Phi) is 6.25. The Labute approximate surface area is 184 Å². The fourth-order valence-electron chi connectivity index (χ4n) is 4.35. The smallest absolute Gasteiger partial charge is 0.276 e. The number of piperidine rings is 1. The molecule has 0 bridgehead atoms. The van der Waals surface area contributed by atoms with E-state index in [-0.39, 0.29) is 18.1 Å². The summed E-state index contributed by atoms with van der Waals surface area (Å²) >= 11 is 0. The Morgan fingerprint density at radius 3 is 2.77 bits per heavy atom. The van der Waals surface area contributed by atoms with E-state index in [9.17, 15) is 4.79 Å². The maximum Gasteiger partial charge on any atom is 0.276 e. The van der Waals surface area contributed by atoms with Gasteiger partial charge in [-0.25, -0.2) is 9.97 Å². The van der Waals surface area contributed by atoms with Gasteiger partial charge in [0.05, 0.1) is 11.8 Å². The number of amides is 1. The molecule has 3 aromatic heterocycles. The molecule has 4 rings (SSSR count). The quantitative estimate of drug-likeness (QED) is 0.584. The van der Waals surface area contributed by atoms with Gasteiger partial charge >= 0.3 is 0 Å². The molecule has 0 N–H and O–H groups in total. The van der Waals surface area contributed by atoms with Crippen LogP contribution in [0.5, 0.6) is 5.75 Å². The Morgan fingerprint density at radius 1 is 1.19 bits per heavy atom. The zero-order valence-electron chi connectivity index (χ0n) is 19.0. The third-order valence-corrected chi connectivity index (χ3v) is 5.90. The summed E-state index contributed by atoms with van der Waals surface area (Å²) in [6.07, 6.45) is 8.75. The lowest BCUT2D eigenvalue weighted by Gasteiger charge is -2.35. The lowest BCUT2D eigenvalue weighted by Crippen LogP contribution is -2.45. The standard InChI is InChI=1S/C25H32N4O2/c1-5-19-11-12-22(31-17(2)3)23(26-19)25(30)29-14-7-6-10-21(29)15-20-16-28-13-8-9-18(4)24(28)27-20/h8-9,11-13,16-17,21H,5-7,10,14-15H2,1-4H3. The highest BCUT2D eigenvalue weighted by Crippen LogP contribution is 2.27. The number of aromatic nitrogens is 3. The topological polar surface area (TPSA) is 59.7 Å². The molecule has 1 aliphatic heterocycles. The molecule has 1 saturated heterocycles. The zero-order chi connectivity index (χ0) is 22.0. The van der Waals surface area contributed by atoms with Crippen molar-refractivity contribution in [3.05, 3.63) is 59.3 Å². The first kappa shape index (κ1) is 21.3. The summed E-state index contributed by atoms with van der Waals surface area (Å²) in [5, 5.41) is 0. The summed E-state index contributed by atoms with van der Waals surface area (Å²) in [6.45, 7) is 8.81. The number of carbonyl (C=O) groups is 1. The molecular formula is C25H32N4O2. The normalized spacial score (nSPS) is 16.8. The molecule has 0 radical (unpaired) electrons. The van der Waals surface area contributed by atoms with Gasteiger partial charge in [0.25, 0.3) is 5.91 Å². The van der Waals surface area contributed by atoms with Crippen molar-refractivity contribution in [1.29, 1.82) is 0 Å². The van der Waals surface area contributed by atoms with Gasteiger partial charge in [-0.2, -0.15) is 0 Å².